The van der Waals surface area contributed by atoms with Crippen LogP contribution >= 0.6 is 24.0 Å². The second-order valence-corrected chi connectivity index (χ2v) is 17.6. The Morgan fingerprint density at radius 2 is 1.79 bits per heavy atom. The maximum Gasteiger partial charge on any atom is 0.233 e. The molecule has 1 aliphatic heterocycles. The number of benzene rings is 1. The minimum atomic E-state index is -2.10. The lowest BCUT2D eigenvalue weighted by molar-refractivity contribution is -0.137. The van der Waals surface area contributed by atoms with Crippen LogP contribution < -0.4 is 0 Å². The summed E-state index contributed by atoms with van der Waals surface area (Å²) < 4.78 is 13.7. The largest absolute Gasteiger partial charge is 0.413 e. The summed E-state index contributed by atoms with van der Waals surface area (Å²) in [6.07, 6.45) is -0.227. The number of carbonyl (C=O) groups excluding carboxylic acids is 1. The number of amides is 1. The first-order valence-electron chi connectivity index (χ1n) is 12.1. The van der Waals surface area contributed by atoms with Gasteiger partial charge in [-0.15, -0.1) is 0 Å². The minimum absolute atomic E-state index is 0.0535. The lowest BCUT2D eigenvalue weighted by atomic mass is 9.92. The average molecular weight is 510 g/mol. The molecular formula is C26H43NO3S2Si. The molecule has 0 unspecified atom stereocenters. The molecule has 2 rings (SSSR count). The monoisotopic (exact) mass is 509 g/mol. The maximum absolute atomic E-state index is 13.8. The van der Waals surface area contributed by atoms with Gasteiger partial charge in [-0.1, -0.05) is 103 Å². The van der Waals surface area contributed by atoms with E-state index in [9.17, 15) is 4.79 Å². The second kappa shape index (κ2) is 11.8. The fraction of sp³-hybridized carbons (Fsp3) is 0.692. The van der Waals surface area contributed by atoms with Gasteiger partial charge in [-0.25, -0.2) is 0 Å². The molecule has 186 valence electrons. The van der Waals surface area contributed by atoms with Gasteiger partial charge in [-0.3, -0.25) is 9.69 Å². The molecule has 0 saturated carbocycles. The third-order valence-corrected chi connectivity index (χ3v) is 13.1. The Hall–Kier alpha value is -0.733. The standard InChI is InChI=1S/C26H43NO3S2Si/c1-18(2)22-17-32-25(31)27(22)24(28)20(4)23(30-33(8,9)26(5,6)7)19(3)15-29-16-21-13-11-10-12-14-21/h10-14,18-20,22-23H,15-17H2,1-9H3/t19-,20+,22+,23-/m0/s1. The molecule has 1 heterocycles. The Morgan fingerprint density at radius 3 is 2.33 bits per heavy atom. The molecule has 33 heavy (non-hydrogen) atoms. The quantitative estimate of drug-likeness (QED) is 0.258. The molecule has 1 saturated heterocycles. The maximum atomic E-state index is 13.8. The molecule has 7 heteroatoms. The highest BCUT2D eigenvalue weighted by Crippen LogP contribution is 2.40. The first kappa shape index (κ1) is 28.5. The van der Waals surface area contributed by atoms with Crippen LogP contribution in [0.5, 0.6) is 0 Å². The summed E-state index contributed by atoms with van der Waals surface area (Å²) in [7, 11) is -2.10. The Kier molecular flexibility index (Phi) is 10.2. The molecule has 1 aromatic rings. The Bertz CT molecular complexity index is 794. The zero-order chi connectivity index (χ0) is 25.0. The number of nitrogens with zero attached hydrogens (tertiary/aromatic N) is 1. The van der Waals surface area contributed by atoms with Crippen molar-refractivity contribution in [3.05, 3.63) is 35.9 Å². The summed E-state index contributed by atoms with van der Waals surface area (Å²) in [5, 5.41) is 0.0535. The van der Waals surface area contributed by atoms with Crippen LogP contribution in [0.25, 0.3) is 0 Å². The summed E-state index contributed by atoms with van der Waals surface area (Å²) >= 11 is 7.21. The Morgan fingerprint density at radius 1 is 1.18 bits per heavy atom. The van der Waals surface area contributed by atoms with Crippen LogP contribution in [0, 0.1) is 17.8 Å². The van der Waals surface area contributed by atoms with Gasteiger partial charge in [0.05, 0.1) is 25.2 Å². The summed E-state index contributed by atoms with van der Waals surface area (Å²) in [6, 6.07) is 10.3. The molecular weight excluding hydrogens is 467 g/mol. The van der Waals surface area contributed by atoms with E-state index in [2.05, 4.69) is 66.8 Å². The van der Waals surface area contributed by atoms with E-state index >= 15 is 0 Å². The number of thioether (sulfide) groups is 1. The van der Waals surface area contributed by atoms with Gasteiger partial charge in [0.25, 0.3) is 0 Å². The van der Waals surface area contributed by atoms with E-state index in [1.165, 1.54) is 0 Å². The Labute approximate surface area is 212 Å². The topological polar surface area (TPSA) is 38.8 Å². The minimum Gasteiger partial charge on any atom is -0.413 e. The van der Waals surface area contributed by atoms with Crippen molar-refractivity contribution in [2.45, 2.75) is 85.4 Å². The predicted molar refractivity (Wildman–Crippen MR) is 147 cm³/mol. The smallest absolute Gasteiger partial charge is 0.233 e. The lowest BCUT2D eigenvalue weighted by Gasteiger charge is -2.43. The van der Waals surface area contributed by atoms with Gasteiger partial charge in [0.2, 0.25) is 5.91 Å². The van der Waals surface area contributed by atoms with E-state index in [-0.39, 0.29) is 34.9 Å². The zero-order valence-electron chi connectivity index (χ0n) is 21.9. The number of rotatable bonds is 10. The normalized spacial score (nSPS) is 20.2. The highest BCUT2D eigenvalue weighted by molar-refractivity contribution is 8.23. The first-order chi connectivity index (χ1) is 15.3. The molecule has 0 radical (unpaired) electrons. The summed E-state index contributed by atoms with van der Waals surface area (Å²) in [6.45, 7) is 20.8. The van der Waals surface area contributed by atoms with Crippen LogP contribution in [-0.2, 0) is 20.6 Å². The van der Waals surface area contributed by atoms with Crippen LogP contribution in [0.2, 0.25) is 18.1 Å². The van der Waals surface area contributed by atoms with Crippen molar-refractivity contribution >= 4 is 42.5 Å². The van der Waals surface area contributed by atoms with Crippen molar-refractivity contribution < 1.29 is 14.0 Å². The molecule has 1 aliphatic rings. The highest BCUT2D eigenvalue weighted by Gasteiger charge is 2.45. The van der Waals surface area contributed by atoms with Crippen LogP contribution in [0.15, 0.2) is 30.3 Å². The molecule has 4 atom stereocenters. The van der Waals surface area contributed by atoms with E-state index in [0.717, 1.165) is 11.3 Å². The van der Waals surface area contributed by atoms with Crippen LogP contribution in [0.3, 0.4) is 0 Å². The number of carbonyl (C=O) groups is 1. The fourth-order valence-corrected chi connectivity index (χ4v) is 6.91. The van der Waals surface area contributed by atoms with Crippen LogP contribution in [-0.4, -0.2) is 48.0 Å². The van der Waals surface area contributed by atoms with E-state index in [1.807, 2.05) is 30.0 Å². The number of ether oxygens (including phenoxy) is 1. The average Bonchev–Trinajstić information content (AvgIpc) is 3.12. The van der Waals surface area contributed by atoms with E-state index in [0.29, 0.717) is 23.5 Å². The molecule has 1 amide bonds. The Balaban J connectivity index is 2.21. The molecule has 0 aliphatic carbocycles. The molecule has 0 N–H and O–H groups in total. The third-order valence-electron chi connectivity index (χ3n) is 7.09. The number of thiocarbonyl (C=S) groups is 1. The van der Waals surface area contributed by atoms with Gasteiger partial charge in [-0.05, 0) is 29.6 Å². The van der Waals surface area contributed by atoms with E-state index in [4.69, 9.17) is 21.4 Å². The number of hydrogen-bond donors (Lipinski definition) is 0. The third kappa shape index (κ3) is 7.37. The molecule has 1 fully saturated rings. The van der Waals surface area contributed by atoms with E-state index < -0.39 is 8.32 Å². The molecule has 0 aromatic heterocycles. The molecule has 4 nitrogen and oxygen atoms in total. The van der Waals surface area contributed by atoms with Gasteiger partial charge < -0.3 is 9.16 Å². The lowest BCUT2D eigenvalue weighted by Crippen LogP contribution is -2.53. The van der Waals surface area contributed by atoms with E-state index in [1.54, 1.807) is 11.8 Å². The van der Waals surface area contributed by atoms with Gasteiger partial charge >= 0.3 is 0 Å². The highest BCUT2D eigenvalue weighted by atomic mass is 32.2. The van der Waals surface area contributed by atoms with Gasteiger partial charge in [0, 0.05) is 17.7 Å². The SMILES string of the molecule is CC(C)[C@H]1CSC(=S)N1C(=O)[C@H](C)[C@@H](O[Si](C)(C)C(C)(C)C)[C@@H](C)COCc1ccccc1. The summed E-state index contributed by atoms with van der Waals surface area (Å²) in [4.78, 5) is 15.6. The first-order valence-corrected chi connectivity index (χ1v) is 16.4. The summed E-state index contributed by atoms with van der Waals surface area (Å²) in [5.74, 6) is 1.09. The summed E-state index contributed by atoms with van der Waals surface area (Å²) in [5.41, 5.74) is 1.15. The molecule has 1 aromatic carbocycles. The van der Waals surface area contributed by atoms with Gasteiger partial charge in [0.15, 0.2) is 8.32 Å². The van der Waals surface area contributed by atoms with Crippen molar-refractivity contribution in [1.29, 1.82) is 0 Å². The van der Waals surface area contributed by atoms with Crippen LogP contribution in [0.4, 0.5) is 0 Å². The van der Waals surface area contributed by atoms with Crippen molar-refractivity contribution in [3.8, 4) is 0 Å². The van der Waals surface area contributed by atoms with Gasteiger partial charge in [0.1, 0.15) is 4.32 Å². The van der Waals surface area contributed by atoms with Gasteiger partial charge in [-0.2, -0.15) is 0 Å². The number of hydrogen-bond acceptors (Lipinski definition) is 5. The van der Waals surface area contributed by atoms with Crippen LogP contribution in [0.1, 0.15) is 54.0 Å². The van der Waals surface area contributed by atoms with Crippen molar-refractivity contribution in [2.75, 3.05) is 12.4 Å². The van der Waals surface area contributed by atoms with Crippen molar-refractivity contribution in [3.63, 3.8) is 0 Å². The molecule has 0 spiro atoms. The molecule has 0 bridgehead atoms. The van der Waals surface area contributed by atoms with Crippen molar-refractivity contribution in [2.24, 2.45) is 17.8 Å². The second-order valence-electron chi connectivity index (χ2n) is 11.2. The predicted octanol–water partition coefficient (Wildman–Crippen LogP) is 6.75. The zero-order valence-corrected chi connectivity index (χ0v) is 24.5. The van der Waals surface area contributed by atoms with Crippen molar-refractivity contribution in [1.82, 2.24) is 4.90 Å². The fourth-order valence-electron chi connectivity index (χ4n) is 3.80.